The van der Waals surface area contributed by atoms with Crippen molar-refractivity contribution in [3.63, 3.8) is 0 Å². The summed E-state index contributed by atoms with van der Waals surface area (Å²) in [4.78, 5) is 1.91. The van der Waals surface area contributed by atoms with Gasteiger partial charge < -0.3 is 0 Å². The van der Waals surface area contributed by atoms with Crippen LogP contribution in [0.15, 0.2) is 58.3 Å². The van der Waals surface area contributed by atoms with Crippen LogP contribution in [0.3, 0.4) is 0 Å². The topological polar surface area (TPSA) is 0 Å². The van der Waals surface area contributed by atoms with Gasteiger partial charge in [-0.1, -0.05) is 41.5 Å². The van der Waals surface area contributed by atoms with Gasteiger partial charge >= 0.3 is 0 Å². The molecule has 0 nitrogen and oxygen atoms in total. The summed E-state index contributed by atoms with van der Waals surface area (Å²) in [5.74, 6) is 0. The lowest BCUT2D eigenvalue weighted by Crippen LogP contribution is -1.71. The van der Waals surface area contributed by atoms with Gasteiger partial charge in [0.2, 0.25) is 0 Å². The van der Waals surface area contributed by atoms with E-state index in [4.69, 9.17) is 0 Å². The zero-order chi connectivity index (χ0) is 12.0. The number of hydrogen-bond acceptors (Lipinski definition) is 2. The summed E-state index contributed by atoms with van der Waals surface area (Å²) in [7, 11) is 0. The van der Waals surface area contributed by atoms with Gasteiger partial charge in [-0.25, -0.2) is 0 Å². The first-order valence-electron chi connectivity index (χ1n) is 5.09. The predicted octanol–water partition coefficient (Wildman–Crippen LogP) is 4.57. The van der Waals surface area contributed by atoms with E-state index in [1.54, 1.807) is 0 Å². The van der Waals surface area contributed by atoms with Gasteiger partial charge in [0.05, 0.1) is 0 Å². The summed E-state index contributed by atoms with van der Waals surface area (Å²) in [6, 6.07) is 16.1. The highest BCUT2D eigenvalue weighted by molar-refractivity contribution is 7.81. The molecule has 0 bridgehead atoms. The molecule has 0 saturated carbocycles. The van der Waals surface area contributed by atoms with E-state index < -0.39 is 0 Å². The highest BCUT2D eigenvalue weighted by Crippen LogP contribution is 2.10. The van der Waals surface area contributed by atoms with E-state index in [-0.39, 0.29) is 0 Å². The Morgan fingerprint density at radius 1 is 0.688 bits per heavy atom. The van der Waals surface area contributed by atoms with Gasteiger partial charge in [-0.3, -0.25) is 0 Å². The Morgan fingerprint density at radius 2 is 1.12 bits per heavy atom. The third-order valence-corrected chi connectivity index (χ3v) is 2.56. The molecule has 0 aromatic heterocycles. The normalized spacial score (nSPS) is 9.25. The smallest absolute Gasteiger partial charge is 0.00510 e. The Labute approximate surface area is 109 Å². The lowest BCUT2D eigenvalue weighted by atomic mass is 10.2. The maximum absolute atomic E-state index is 4.11. The van der Waals surface area contributed by atoms with E-state index in [9.17, 15) is 0 Å². The quantitative estimate of drug-likeness (QED) is 0.627. The maximum atomic E-state index is 4.11. The van der Waals surface area contributed by atoms with Crippen LogP contribution in [0.25, 0.3) is 0 Å². The van der Waals surface area contributed by atoms with Crippen LogP contribution in [0.4, 0.5) is 0 Å². The van der Waals surface area contributed by atoms with Crippen molar-refractivity contribution >= 4 is 25.3 Å². The molecule has 0 atom stereocenters. The van der Waals surface area contributed by atoms with Crippen LogP contribution in [-0.4, -0.2) is 0 Å². The number of aryl methyl sites for hydroxylation is 2. The molecule has 2 rings (SSSR count). The second-order valence-corrected chi connectivity index (χ2v) is 4.71. The molecule has 0 fully saturated rings. The second kappa shape index (κ2) is 6.66. The molecule has 0 amide bonds. The fourth-order valence-electron chi connectivity index (χ4n) is 1.30. The maximum Gasteiger partial charge on any atom is 0.00510 e. The van der Waals surface area contributed by atoms with E-state index in [2.05, 4.69) is 63.4 Å². The summed E-state index contributed by atoms with van der Waals surface area (Å²) in [5, 5.41) is 0. The van der Waals surface area contributed by atoms with Crippen LogP contribution in [0.1, 0.15) is 11.1 Å². The van der Waals surface area contributed by atoms with E-state index in [0.29, 0.717) is 0 Å². The van der Waals surface area contributed by atoms with Crippen molar-refractivity contribution in [1.82, 2.24) is 0 Å². The first-order valence-corrected chi connectivity index (χ1v) is 5.98. The lowest BCUT2D eigenvalue weighted by molar-refractivity contribution is 1.35. The van der Waals surface area contributed by atoms with Crippen LogP contribution < -0.4 is 0 Å². The van der Waals surface area contributed by atoms with Crippen molar-refractivity contribution in [3.05, 3.63) is 59.7 Å². The molecular weight excluding hydrogens is 232 g/mol. The third kappa shape index (κ3) is 5.29. The van der Waals surface area contributed by atoms with Crippen molar-refractivity contribution in [2.75, 3.05) is 0 Å². The summed E-state index contributed by atoms with van der Waals surface area (Å²) >= 11 is 8.21. The Hall–Kier alpha value is -0.860. The summed E-state index contributed by atoms with van der Waals surface area (Å²) in [6.45, 7) is 4.21. The van der Waals surface area contributed by atoms with Gasteiger partial charge in [0.25, 0.3) is 0 Å². The lowest BCUT2D eigenvalue weighted by Gasteiger charge is -1.90. The third-order valence-electron chi connectivity index (χ3n) is 2.00. The van der Waals surface area contributed by atoms with Crippen LogP contribution in [-0.2, 0) is 0 Å². The van der Waals surface area contributed by atoms with Gasteiger partial charge in [0, 0.05) is 9.79 Å². The molecule has 2 aromatic rings. The molecule has 16 heavy (non-hydrogen) atoms. The van der Waals surface area contributed by atoms with Crippen molar-refractivity contribution in [3.8, 4) is 0 Å². The predicted molar refractivity (Wildman–Crippen MR) is 76.9 cm³/mol. The number of thiol groups is 2. The minimum atomic E-state index is 0.956. The minimum absolute atomic E-state index is 0.956. The van der Waals surface area contributed by atoms with Crippen LogP contribution in [0.2, 0.25) is 0 Å². The Morgan fingerprint density at radius 3 is 1.38 bits per heavy atom. The highest BCUT2D eigenvalue weighted by atomic mass is 32.1. The Kier molecular flexibility index (Phi) is 5.50. The van der Waals surface area contributed by atoms with Crippen LogP contribution >= 0.6 is 25.3 Å². The van der Waals surface area contributed by atoms with Gasteiger partial charge in [0.15, 0.2) is 0 Å². The second-order valence-electron chi connectivity index (χ2n) is 3.68. The molecule has 0 aliphatic rings. The van der Waals surface area contributed by atoms with Gasteiger partial charge in [-0.15, -0.1) is 25.3 Å². The molecule has 0 radical (unpaired) electrons. The number of hydrogen-bond donors (Lipinski definition) is 2. The first-order chi connectivity index (χ1) is 7.58. The van der Waals surface area contributed by atoms with Gasteiger partial charge in [-0.2, -0.15) is 0 Å². The summed E-state index contributed by atoms with van der Waals surface area (Å²) < 4.78 is 0. The average molecular weight is 248 g/mol. The van der Waals surface area contributed by atoms with Crippen molar-refractivity contribution in [1.29, 1.82) is 0 Å². The number of benzene rings is 2. The molecule has 2 aromatic carbocycles. The van der Waals surface area contributed by atoms with Crippen molar-refractivity contribution < 1.29 is 0 Å². The molecule has 84 valence electrons. The SMILES string of the molecule is Cc1cccc(C)c1.Sc1cccc(S)c1. The summed E-state index contributed by atoms with van der Waals surface area (Å²) in [5.41, 5.74) is 2.68. The van der Waals surface area contributed by atoms with E-state index in [1.165, 1.54) is 11.1 Å². The minimum Gasteiger partial charge on any atom is -0.143 e. The first kappa shape index (κ1) is 13.2. The summed E-state index contributed by atoms with van der Waals surface area (Å²) in [6.07, 6.45) is 0. The van der Waals surface area contributed by atoms with Crippen molar-refractivity contribution in [2.45, 2.75) is 23.6 Å². The van der Waals surface area contributed by atoms with E-state index in [1.807, 2.05) is 24.3 Å². The highest BCUT2D eigenvalue weighted by Gasteiger charge is 1.82. The molecular formula is C14H16S2. The fourth-order valence-corrected chi connectivity index (χ4v) is 1.85. The van der Waals surface area contributed by atoms with E-state index >= 15 is 0 Å². The molecule has 0 spiro atoms. The van der Waals surface area contributed by atoms with Crippen LogP contribution in [0, 0.1) is 13.8 Å². The molecule has 0 unspecified atom stereocenters. The van der Waals surface area contributed by atoms with E-state index in [0.717, 1.165) is 9.79 Å². The molecule has 0 aliphatic carbocycles. The Balaban J connectivity index is 0.000000160. The van der Waals surface area contributed by atoms with Crippen molar-refractivity contribution in [2.24, 2.45) is 0 Å². The van der Waals surface area contributed by atoms with Crippen LogP contribution in [0.5, 0.6) is 0 Å². The fraction of sp³-hybridized carbons (Fsp3) is 0.143. The van der Waals surface area contributed by atoms with Gasteiger partial charge in [-0.05, 0) is 32.0 Å². The molecule has 0 aliphatic heterocycles. The standard InChI is InChI=1S/C8H10.C6H6S2/c1-7-4-3-5-8(2)6-7;7-5-2-1-3-6(8)4-5/h3-6H,1-2H3;1-4,7-8H. The average Bonchev–Trinajstić information content (AvgIpc) is 2.17. The van der Waals surface area contributed by atoms with Gasteiger partial charge in [0.1, 0.15) is 0 Å². The molecule has 0 N–H and O–H groups in total. The largest absolute Gasteiger partial charge is 0.143 e. The Bertz CT molecular complexity index is 372. The molecule has 0 saturated heterocycles. The number of rotatable bonds is 0. The zero-order valence-corrected chi connectivity index (χ0v) is 11.3. The zero-order valence-electron chi connectivity index (χ0n) is 9.51. The molecule has 2 heteroatoms. The monoisotopic (exact) mass is 248 g/mol. The molecule has 0 heterocycles.